The zero-order chi connectivity index (χ0) is 24.1. The predicted octanol–water partition coefficient (Wildman–Crippen LogP) is 6.16. The number of hydrogen-bond acceptors (Lipinski definition) is 7. The van der Waals surface area contributed by atoms with E-state index in [2.05, 4.69) is 12.2 Å². The van der Waals surface area contributed by atoms with E-state index in [1.807, 2.05) is 6.29 Å². The van der Waals surface area contributed by atoms with Gasteiger partial charge in [-0.25, -0.2) is 0 Å². The van der Waals surface area contributed by atoms with E-state index >= 15 is 0 Å². The number of hydrogen-bond donors (Lipinski definition) is 0. The first-order valence-electron chi connectivity index (χ1n) is 11.8. The van der Waals surface area contributed by atoms with E-state index in [0.717, 1.165) is 44.9 Å². The third-order valence-electron chi connectivity index (χ3n) is 5.58. The van der Waals surface area contributed by atoms with E-state index < -0.39 is 27.0 Å². The smallest absolute Gasteiger partial charge is 0.291 e. The Hall–Kier alpha value is -2.39. The minimum Gasteiger partial charge on any atom is -0.291 e. The van der Waals surface area contributed by atoms with Crippen molar-refractivity contribution >= 4 is 6.29 Å². The summed E-state index contributed by atoms with van der Waals surface area (Å²) in [5.41, 5.74) is 0. The summed E-state index contributed by atoms with van der Waals surface area (Å²) < 4.78 is 0. The van der Waals surface area contributed by atoms with Crippen LogP contribution in [0, 0.1) is 30.3 Å². The number of allylic oxidation sites excluding steroid dienone is 2. The molecule has 0 saturated carbocycles. The topological polar surface area (TPSA) is 146 Å². The van der Waals surface area contributed by atoms with Crippen molar-refractivity contribution in [1.82, 2.24) is 0 Å². The number of nitrogens with zero attached hydrogens (tertiary/aromatic N) is 3. The first-order chi connectivity index (χ1) is 15.4. The summed E-state index contributed by atoms with van der Waals surface area (Å²) in [4.78, 5) is 38.4. The molecule has 0 aromatic heterocycles. The molecule has 0 amide bonds. The monoisotopic (exact) mass is 456 g/mol. The Balaban J connectivity index is 3.56. The van der Waals surface area contributed by atoms with Gasteiger partial charge >= 0.3 is 5.79 Å². The molecular weight excluding hydrogens is 418 g/mol. The Morgan fingerprint density at radius 1 is 0.562 bits per heavy atom. The average Bonchev–Trinajstić information content (AvgIpc) is 2.74. The maximum atomic E-state index is 10.8. The Kier molecular flexibility index (Phi) is 17.9. The van der Waals surface area contributed by atoms with Gasteiger partial charge in [0, 0.05) is 6.42 Å². The molecule has 0 aromatic carbocycles. The van der Waals surface area contributed by atoms with Crippen molar-refractivity contribution in [3.05, 3.63) is 42.5 Å². The molecule has 0 rings (SSSR count). The molecule has 0 spiro atoms. The summed E-state index contributed by atoms with van der Waals surface area (Å²) >= 11 is 0. The van der Waals surface area contributed by atoms with Gasteiger partial charge in [0.25, 0.3) is 0 Å². The molecule has 183 valence electrons. The fraction of sp³-hybridized carbons (Fsp3) is 0.864. The van der Waals surface area contributed by atoms with Crippen molar-refractivity contribution in [2.75, 3.05) is 0 Å². The van der Waals surface area contributed by atoms with E-state index in [1.165, 1.54) is 44.9 Å². The van der Waals surface area contributed by atoms with E-state index in [4.69, 9.17) is 0 Å². The highest BCUT2D eigenvalue weighted by Crippen LogP contribution is 2.21. The quantitative estimate of drug-likeness (QED) is 0.0588. The third-order valence-corrected chi connectivity index (χ3v) is 5.58. The molecule has 0 saturated heterocycles. The molecule has 0 fully saturated rings. The summed E-state index contributed by atoms with van der Waals surface area (Å²) in [6.07, 6.45) is 22.2. The van der Waals surface area contributed by atoms with Crippen LogP contribution in [0.3, 0.4) is 0 Å². The van der Waals surface area contributed by atoms with Crippen molar-refractivity contribution in [2.24, 2.45) is 0 Å². The predicted molar refractivity (Wildman–Crippen MR) is 122 cm³/mol. The van der Waals surface area contributed by atoms with Gasteiger partial charge in [0.1, 0.15) is 0 Å². The molecule has 1 radical (unpaired) electrons. The van der Waals surface area contributed by atoms with Crippen molar-refractivity contribution in [3.8, 4) is 0 Å². The third kappa shape index (κ3) is 13.1. The van der Waals surface area contributed by atoms with Gasteiger partial charge in [-0.05, 0) is 38.5 Å². The molecule has 0 unspecified atom stereocenters. The highest BCUT2D eigenvalue weighted by Gasteiger charge is 2.69. The fourth-order valence-electron chi connectivity index (χ4n) is 3.56. The van der Waals surface area contributed by atoms with Crippen LogP contribution in [0.2, 0.25) is 0 Å². The standard InChI is InChI=1S/C22H38N3O7/c26-21-19-17-15-13-11-9-7-5-3-1-2-4-6-8-10-12-14-16-18-20-22(23(27)28,24(29)30)25(31)32/h4,6H,1-3,5,7-20H2/b6-4-. The molecule has 0 bridgehead atoms. The fourth-order valence-corrected chi connectivity index (χ4v) is 3.56. The van der Waals surface area contributed by atoms with Gasteiger partial charge in [-0.15, -0.1) is 0 Å². The van der Waals surface area contributed by atoms with Gasteiger partial charge in [0.2, 0.25) is 0 Å². The van der Waals surface area contributed by atoms with Gasteiger partial charge in [0.05, 0.1) is 0 Å². The maximum Gasteiger partial charge on any atom is 0.699 e. The zero-order valence-electron chi connectivity index (χ0n) is 19.1. The van der Waals surface area contributed by atoms with Gasteiger partial charge in [-0.3, -0.25) is 35.1 Å². The summed E-state index contributed by atoms with van der Waals surface area (Å²) in [6, 6.07) is 0. The molecular formula is C22H38N3O7. The van der Waals surface area contributed by atoms with Crippen LogP contribution in [-0.4, -0.2) is 26.8 Å². The molecule has 0 aliphatic carbocycles. The van der Waals surface area contributed by atoms with Crippen molar-refractivity contribution < 1.29 is 19.6 Å². The molecule has 0 aromatic rings. The van der Waals surface area contributed by atoms with Crippen LogP contribution in [0.4, 0.5) is 0 Å². The minimum absolute atomic E-state index is 0.0810. The lowest BCUT2D eigenvalue weighted by Gasteiger charge is -2.08. The van der Waals surface area contributed by atoms with E-state index in [9.17, 15) is 35.1 Å². The van der Waals surface area contributed by atoms with Crippen LogP contribution in [0.1, 0.15) is 116 Å². The summed E-state index contributed by atoms with van der Waals surface area (Å²) in [7, 11) is 0. The lowest BCUT2D eigenvalue weighted by Crippen LogP contribution is -2.53. The van der Waals surface area contributed by atoms with Crippen molar-refractivity contribution in [1.29, 1.82) is 0 Å². The Labute approximate surface area is 190 Å². The van der Waals surface area contributed by atoms with Crippen LogP contribution >= 0.6 is 0 Å². The second-order valence-electron chi connectivity index (χ2n) is 8.19. The molecule has 32 heavy (non-hydrogen) atoms. The Bertz CT molecular complexity index is 546. The molecule has 0 heterocycles. The van der Waals surface area contributed by atoms with Crippen molar-refractivity contribution in [2.45, 2.75) is 121 Å². The molecule has 10 heteroatoms. The largest absolute Gasteiger partial charge is 0.699 e. The van der Waals surface area contributed by atoms with Crippen LogP contribution in [0.15, 0.2) is 12.2 Å². The molecule has 0 N–H and O–H groups in total. The van der Waals surface area contributed by atoms with Crippen LogP contribution in [0.5, 0.6) is 0 Å². The zero-order valence-corrected chi connectivity index (χ0v) is 19.1. The Morgan fingerprint density at radius 3 is 1.28 bits per heavy atom. The summed E-state index contributed by atoms with van der Waals surface area (Å²) in [5, 5.41) is 32.5. The first kappa shape index (κ1) is 29.6. The second-order valence-corrected chi connectivity index (χ2v) is 8.19. The minimum atomic E-state index is -3.32. The summed E-state index contributed by atoms with van der Waals surface area (Å²) in [5.74, 6) is -3.32. The van der Waals surface area contributed by atoms with Crippen molar-refractivity contribution in [3.63, 3.8) is 0 Å². The number of carbonyl (C=O) groups excluding carboxylic acids is 1. The number of unbranched alkanes of at least 4 members (excludes halogenated alkanes) is 15. The highest BCUT2D eigenvalue weighted by molar-refractivity contribution is 5.50. The van der Waals surface area contributed by atoms with Gasteiger partial charge in [-0.1, -0.05) is 76.4 Å². The second kappa shape index (κ2) is 19.3. The first-order valence-corrected chi connectivity index (χ1v) is 11.8. The molecule has 0 atom stereocenters. The van der Waals surface area contributed by atoms with Crippen LogP contribution in [-0.2, 0) is 4.79 Å². The van der Waals surface area contributed by atoms with Crippen LogP contribution < -0.4 is 0 Å². The molecule has 0 aliphatic rings. The lowest BCUT2D eigenvalue weighted by molar-refractivity contribution is -0.970. The van der Waals surface area contributed by atoms with Crippen LogP contribution in [0.25, 0.3) is 0 Å². The lowest BCUT2D eigenvalue weighted by atomic mass is 10.1. The number of nitro groups is 3. The number of rotatable bonds is 23. The van der Waals surface area contributed by atoms with Gasteiger partial charge in [0.15, 0.2) is 27.5 Å². The van der Waals surface area contributed by atoms with Gasteiger partial charge in [-0.2, -0.15) is 0 Å². The molecule has 0 aliphatic heterocycles. The Morgan fingerprint density at radius 2 is 0.906 bits per heavy atom. The SMILES string of the molecule is O=[C]CCCCCCCCCCC/C=C\CCCCCCCC([N+](=O)[O-])([N+](=O)[O-])[N+](=O)[O-]. The average molecular weight is 457 g/mol. The normalized spacial score (nSPS) is 11.6. The highest BCUT2D eigenvalue weighted by atomic mass is 16.7. The maximum absolute atomic E-state index is 10.8. The summed E-state index contributed by atoms with van der Waals surface area (Å²) in [6.45, 7) is 0. The van der Waals surface area contributed by atoms with E-state index in [1.54, 1.807) is 0 Å². The van der Waals surface area contributed by atoms with E-state index in [0.29, 0.717) is 12.8 Å². The van der Waals surface area contributed by atoms with Gasteiger partial charge < -0.3 is 0 Å². The van der Waals surface area contributed by atoms with E-state index in [-0.39, 0.29) is 6.42 Å². The molecule has 10 nitrogen and oxygen atoms in total.